The Morgan fingerprint density at radius 2 is 1.97 bits per heavy atom. The molecule has 10 heteroatoms. The number of cyclic esters (lactones) is 1. The topological polar surface area (TPSA) is 126 Å². The molecule has 0 fully saturated rings. The molecule has 0 unspecified atom stereocenters. The van der Waals surface area contributed by atoms with E-state index in [1.807, 2.05) is 6.92 Å². The molecule has 0 radical (unpaired) electrons. The standard InChI is InChI=1S/C22H27FN4O5/c1-4-6-7-8-16-11-19(28)24-12-15-9-14(23)10-18(26-15)21(30)27-17(5-2)20(29)25-13(3)22(31)32-16/h5,7-10,13,16H,4,6,11-12H2,1-3H3,(H,24,28)(H,25,29)(H,27,30)/b8-7+,17-5-/t13-,16+/m0/s1. The fraction of sp³-hybridized carbons (Fsp3) is 0.409. The molecule has 32 heavy (non-hydrogen) atoms. The fourth-order valence-electron chi connectivity index (χ4n) is 2.80. The minimum Gasteiger partial charge on any atom is -0.456 e. The number of allylic oxidation sites excluding steroid dienone is 2. The largest absolute Gasteiger partial charge is 0.456 e. The Kier molecular flexibility index (Phi) is 9.06. The molecule has 1 aromatic rings. The summed E-state index contributed by atoms with van der Waals surface area (Å²) in [6, 6.07) is 0.958. The molecule has 1 aromatic heterocycles. The van der Waals surface area contributed by atoms with Gasteiger partial charge in [0.15, 0.2) is 0 Å². The Balaban J connectivity index is 2.36. The third-order valence-electron chi connectivity index (χ3n) is 4.49. The van der Waals surface area contributed by atoms with Crippen molar-refractivity contribution in [3.8, 4) is 0 Å². The molecule has 172 valence electrons. The molecule has 0 aliphatic carbocycles. The zero-order valence-electron chi connectivity index (χ0n) is 18.2. The number of pyridine rings is 1. The van der Waals surface area contributed by atoms with Crippen molar-refractivity contribution in [3.63, 3.8) is 0 Å². The number of amides is 3. The molecular formula is C22H27FN4O5. The summed E-state index contributed by atoms with van der Waals surface area (Å²) in [4.78, 5) is 53.9. The molecule has 1 aliphatic heterocycles. The van der Waals surface area contributed by atoms with Crippen LogP contribution in [0.25, 0.3) is 0 Å². The summed E-state index contributed by atoms with van der Waals surface area (Å²) in [5, 5.41) is 7.37. The van der Waals surface area contributed by atoms with Gasteiger partial charge < -0.3 is 20.7 Å². The maximum absolute atomic E-state index is 14.0. The smallest absolute Gasteiger partial charge is 0.328 e. The van der Waals surface area contributed by atoms with E-state index in [-0.39, 0.29) is 30.1 Å². The van der Waals surface area contributed by atoms with Gasteiger partial charge in [-0.15, -0.1) is 0 Å². The van der Waals surface area contributed by atoms with Gasteiger partial charge in [-0.05, 0) is 32.4 Å². The number of hydrogen-bond acceptors (Lipinski definition) is 6. The van der Waals surface area contributed by atoms with E-state index < -0.39 is 41.7 Å². The number of unbranched alkanes of at least 4 members (excludes halogenated alkanes) is 1. The first-order valence-corrected chi connectivity index (χ1v) is 10.3. The van der Waals surface area contributed by atoms with Crippen molar-refractivity contribution >= 4 is 23.7 Å². The number of aromatic nitrogens is 1. The highest BCUT2D eigenvalue weighted by atomic mass is 19.1. The van der Waals surface area contributed by atoms with Gasteiger partial charge in [0, 0.05) is 6.07 Å². The third-order valence-corrected chi connectivity index (χ3v) is 4.49. The molecule has 2 rings (SSSR count). The lowest BCUT2D eigenvalue weighted by atomic mass is 10.2. The van der Waals surface area contributed by atoms with E-state index in [0.717, 1.165) is 25.0 Å². The maximum atomic E-state index is 14.0. The number of carbonyl (C=O) groups is 4. The second-order valence-electron chi connectivity index (χ2n) is 7.19. The number of halogens is 1. The van der Waals surface area contributed by atoms with Crippen LogP contribution < -0.4 is 16.0 Å². The first-order valence-electron chi connectivity index (χ1n) is 10.3. The summed E-state index contributed by atoms with van der Waals surface area (Å²) < 4.78 is 19.4. The minimum absolute atomic E-state index is 0.116. The van der Waals surface area contributed by atoms with Crippen LogP contribution in [0.5, 0.6) is 0 Å². The van der Waals surface area contributed by atoms with E-state index in [0.29, 0.717) is 0 Å². The highest BCUT2D eigenvalue weighted by Crippen LogP contribution is 2.09. The van der Waals surface area contributed by atoms with Crippen LogP contribution in [0, 0.1) is 5.82 Å². The van der Waals surface area contributed by atoms with Gasteiger partial charge in [-0.3, -0.25) is 14.4 Å². The van der Waals surface area contributed by atoms with Crippen molar-refractivity contribution < 1.29 is 28.3 Å². The first-order chi connectivity index (χ1) is 15.2. The molecule has 2 heterocycles. The lowest BCUT2D eigenvalue weighted by Crippen LogP contribution is -2.44. The van der Waals surface area contributed by atoms with Crippen molar-refractivity contribution in [1.29, 1.82) is 0 Å². The highest BCUT2D eigenvalue weighted by Gasteiger charge is 2.24. The van der Waals surface area contributed by atoms with Gasteiger partial charge in [0.1, 0.15) is 29.4 Å². The van der Waals surface area contributed by atoms with Crippen LogP contribution in [-0.4, -0.2) is 40.8 Å². The monoisotopic (exact) mass is 446 g/mol. The van der Waals surface area contributed by atoms with E-state index in [4.69, 9.17) is 4.74 Å². The number of ether oxygens (including phenoxy) is 1. The summed E-state index contributed by atoms with van der Waals surface area (Å²) in [6.07, 6.45) is 5.36. The van der Waals surface area contributed by atoms with Crippen molar-refractivity contribution in [2.75, 3.05) is 0 Å². The van der Waals surface area contributed by atoms with Gasteiger partial charge in [-0.2, -0.15) is 0 Å². The van der Waals surface area contributed by atoms with E-state index >= 15 is 0 Å². The molecule has 3 N–H and O–H groups in total. The summed E-state index contributed by atoms with van der Waals surface area (Å²) >= 11 is 0. The van der Waals surface area contributed by atoms with Crippen LogP contribution >= 0.6 is 0 Å². The van der Waals surface area contributed by atoms with E-state index in [9.17, 15) is 23.6 Å². The van der Waals surface area contributed by atoms with Crippen molar-refractivity contribution in [3.05, 3.63) is 53.3 Å². The van der Waals surface area contributed by atoms with E-state index in [2.05, 4.69) is 20.9 Å². The predicted octanol–water partition coefficient (Wildman–Crippen LogP) is 1.65. The summed E-state index contributed by atoms with van der Waals surface area (Å²) in [7, 11) is 0. The lowest BCUT2D eigenvalue weighted by Gasteiger charge is -2.19. The maximum Gasteiger partial charge on any atom is 0.328 e. The number of nitrogens with zero attached hydrogens (tertiary/aromatic N) is 1. The summed E-state index contributed by atoms with van der Waals surface area (Å²) in [5.41, 5.74) is -0.283. The number of carbonyl (C=O) groups excluding carboxylic acids is 4. The number of nitrogens with one attached hydrogen (secondary N) is 3. The molecule has 0 spiro atoms. The van der Waals surface area contributed by atoms with Crippen LogP contribution in [0.3, 0.4) is 0 Å². The fourth-order valence-corrected chi connectivity index (χ4v) is 2.80. The van der Waals surface area contributed by atoms with E-state index in [1.165, 1.54) is 19.9 Å². The SMILES string of the molecule is C/C=C1\NC(=O)c2cc(F)cc(n2)CNC(=O)C[C@@H](/C=C/CCC)OC(=O)[C@H](C)NC1=O. The zero-order valence-corrected chi connectivity index (χ0v) is 18.2. The molecule has 0 saturated heterocycles. The van der Waals surface area contributed by atoms with Crippen LogP contribution in [0.2, 0.25) is 0 Å². The Hall–Kier alpha value is -3.56. The van der Waals surface area contributed by atoms with Crippen LogP contribution in [0.4, 0.5) is 4.39 Å². The van der Waals surface area contributed by atoms with Gasteiger partial charge in [0.25, 0.3) is 11.8 Å². The van der Waals surface area contributed by atoms with Crippen molar-refractivity contribution in [2.45, 2.75) is 58.7 Å². The quantitative estimate of drug-likeness (QED) is 0.368. The molecule has 3 amide bonds. The average molecular weight is 446 g/mol. The van der Waals surface area contributed by atoms with Gasteiger partial charge in [-0.25, -0.2) is 14.2 Å². The summed E-state index contributed by atoms with van der Waals surface area (Å²) in [5.74, 6) is -3.46. The summed E-state index contributed by atoms with van der Waals surface area (Å²) in [6.45, 7) is 4.79. The second-order valence-corrected chi connectivity index (χ2v) is 7.19. The van der Waals surface area contributed by atoms with E-state index in [1.54, 1.807) is 12.2 Å². The first kappa shape index (κ1) is 24.7. The Bertz CT molecular complexity index is 944. The lowest BCUT2D eigenvalue weighted by molar-refractivity contribution is -0.151. The molecule has 0 saturated carbocycles. The Labute approximate surface area is 185 Å². The number of fused-ring (bicyclic) bond motifs is 2. The Morgan fingerprint density at radius 3 is 2.66 bits per heavy atom. The molecule has 0 aromatic carbocycles. The normalized spacial score (nSPS) is 22.3. The van der Waals surface area contributed by atoms with Crippen LogP contribution in [0.15, 0.2) is 36.1 Å². The molecular weight excluding hydrogens is 419 g/mol. The van der Waals surface area contributed by atoms with Crippen LogP contribution in [0.1, 0.15) is 56.2 Å². The molecule has 2 atom stereocenters. The molecule has 1 aliphatic rings. The Morgan fingerprint density at radius 1 is 1.22 bits per heavy atom. The van der Waals surface area contributed by atoms with Gasteiger partial charge in [-0.1, -0.05) is 25.5 Å². The molecule has 2 bridgehead atoms. The minimum atomic E-state index is -1.05. The number of rotatable bonds is 3. The van der Waals surface area contributed by atoms with Gasteiger partial charge in [0.2, 0.25) is 5.91 Å². The second kappa shape index (κ2) is 11.7. The molecule has 9 nitrogen and oxygen atoms in total. The number of esters is 1. The highest BCUT2D eigenvalue weighted by molar-refractivity contribution is 6.02. The van der Waals surface area contributed by atoms with Gasteiger partial charge in [0.05, 0.1) is 18.7 Å². The van der Waals surface area contributed by atoms with Crippen molar-refractivity contribution in [1.82, 2.24) is 20.9 Å². The predicted molar refractivity (Wildman–Crippen MR) is 113 cm³/mol. The van der Waals surface area contributed by atoms with Crippen molar-refractivity contribution in [2.24, 2.45) is 0 Å². The van der Waals surface area contributed by atoms with Gasteiger partial charge >= 0.3 is 5.97 Å². The zero-order chi connectivity index (χ0) is 23.7. The third kappa shape index (κ3) is 7.29. The average Bonchev–Trinajstić information content (AvgIpc) is 2.74. The van der Waals surface area contributed by atoms with Crippen LogP contribution in [-0.2, 0) is 25.7 Å². The number of hydrogen-bond donors (Lipinski definition) is 3.